The number of hydrogen-bond acceptors (Lipinski definition) is 3. The Morgan fingerprint density at radius 1 is 1.50 bits per heavy atom. The molecule has 0 saturated carbocycles. The van der Waals surface area contributed by atoms with Crippen molar-refractivity contribution < 1.29 is 4.79 Å². The summed E-state index contributed by atoms with van der Waals surface area (Å²) in [4.78, 5) is 13.9. The van der Waals surface area contributed by atoms with Gasteiger partial charge in [0.25, 0.3) is 0 Å². The van der Waals surface area contributed by atoms with Crippen LogP contribution >= 0.6 is 0 Å². The van der Waals surface area contributed by atoms with Crippen LogP contribution < -0.4 is 10.6 Å². The molecule has 1 amide bonds. The van der Waals surface area contributed by atoms with Crippen LogP contribution in [0.25, 0.3) is 0 Å². The van der Waals surface area contributed by atoms with Gasteiger partial charge in [-0.25, -0.2) is 0 Å². The molecule has 1 atom stereocenters. The summed E-state index contributed by atoms with van der Waals surface area (Å²) in [5.74, 6) is 0.162. The minimum atomic E-state index is -0.348. The molecule has 94 valence electrons. The van der Waals surface area contributed by atoms with E-state index in [-0.39, 0.29) is 17.4 Å². The molecule has 0 bridgehead atoms. The molecule has 0 aliphatic carbocycles. The number of amides is 1. The second-order valence-electron chi connectivity index (χ2n) is 5.15. The molecule has 1 fully saturated rings. The van der Waals surface area contributed by atoms with Gasteiger partial charge in [-0.15, -0.1) is 0 Å². The van der Waals surface area contributed by atoms with E-state index in [1.807, 2.05) is 26.0 Å². The van der Waals surface area contributed by atoms with Gasteiger partial charge in [-0.3, -0.25) is 4.79 Å². The molecule has 1 heterocycles. The molecule has 2 rings (SSSR count). The van der Waals surface area contributed by atoms with Crippen LogP contribution in [0.1, 0.15) is 25.8 Å². The van der Waals surface area contributed by atoms with Gasteiger partial charge in [0.2, 0.25) is 5.91 Å². The first kappa shape index (κ1) is 12.6. The first-order valence-electron chi connectivity index (χ1n) is 6.04. The Hall–Kier alpha value is -1.86. The summed E-state index contributed by atoms with van der Waals surface area (Å²) >= 11 is 0. The fraction of sp³-hybridized carbons (Fsp3) is 0.429. The fourth-order valence-corrected chi connectivity index (χ4v) is 2.64. The number of nitriles is 1. The number of benzene rings is 1. The van der Waals surface area contributed by atoms with Crippen molar-refractivity contribution in [2.75, 3.05) is 11.4 Å². The maximum Gasteiger partial charge on any atom is 0.227 e. The van der Waals surface area contributed by atoms with Gasteiger partial charge in [0.1, 0.15) is 6.07 Å². The molecule has 4 heteroatoms. The first-order chi connectivity index (χ1) is 8.52. The number of nitrogens with zero attached hydrogens (tertiary/aromatic N) is 2. The predicted octanol–water partition coefficient (Wildman–Crippen LogP) is 1.65. The largest absolute Gasteiger partial charge is 0.330 e. The zero-order valence-corrected chi connectivity index (χ0v) is 10.7. The van der Waals surface area contributed by atoms with Crippen molar-refractivity contribution in [3.8, 4) is 6.07 Å². The molecule has 4 nitrogen and oxygen atoms in total. The van der Waals surface area contributed by atoms with Crippen LogP contribution in [-0.2, 0) is 4.79 Å². The van der Waals surface area contributed by atoms with E-state index >= 15 is 0 Å². The highest BCUT2D eigenvalue weighted by atomic mass is 16.2. The van der Waals surface area contributed by atoms with E-state index in [4.69, 9.17) is 11.0 Å². The summed E-state index contributed by atoms with van der Waals surface area (Å²) < 4.78 is 0. The summed E-state index contributed by atoms with van der Waals surface area (Å²) in [6.45, 7) is 4.48. The standard InChI is InChI=1S/C14H17N3O/c1-14(2)11(9-16)7-13(18)17(14)12-6-4-3-5-10(12)8-15/h3-6,11H,7,9,16H2,1-2H3. The van der Waals surface area contributed by atoms with Gasteiger partial charge in [-0.1, -0.05) is 12.1 Å². The van der Waals surface area contributed by atoms with Crippen molar-refractivity contribution >= 4 is 11.6 Å². The van der Waals surface area contributed by atoms with Gasteiger partial charge in [0.15, 0.2) is 0 Å². The minimum Gasteiger partial charge on any atom is -0.330 e. The summed E-state index contributed by atoms with van der Waals surface area (Å²) in [6, 6.07) is 9.33. The van der Waals surface area contributed by atoms with Crippen LogP contribution in [-0.4, -0.2) is 18.0 Å². The van der Waals surface area contributed by atoms with E-state index in [9.17, 15) is 4.79 Å². The Labute approximate surface area is 107 Å². The van der Waals surface area contributed by atoms with E-state index in [0.717, 1.165) is 0 Å². The van der Waals surface area contributed by atoms with Crippen molar-refractivity contribution in [1.82, 2.24) is 0 Å². The Bertz CT molecular complexity index is 516. The van der Waals surface area contributed by atoms with Crippen LogP contribution in [0, 0.1) is 17.2 Å². The van der Waals surface area contributed by atoms with Crippen molar-refractivity contribution in [3.05, 3.63) is 29.8 Å². The van der Waals surface area contributed by atoms with Gasteiger partial charge in [-0.05, 0) is 32.5 Å². The third-order valence-electron chi connectivity index (χ3n) is 3.80. The van der Waals surface area contributed by atoms with E-state index in [1.54, 1.807) is 17.0 Å². The zero-order chi connectivity index (χ0) is 13.3. The van der Waals surface area contributed by atoms with Crippen LogP contribution in [0.5, 0.6) is 0 Å². The summed E-state index contributed by atoms with van der Waals surface area (Å²) in [7, 11) is 0. The number of hydrogen-bond donors (Lipinski definition) is 1. The van der Waals surface area contributed by atoms with Crippen LogP contribution in [0.15, 0.2) is 24.3 Å². The van der Waals surface area contributed by atoms with Crippen molar-refractivity contribution in [1.29, 1.82) is 5.26 Å². The second kappa shape index (κ2) is 4.43. The minimum absolute atomic E-state index is 0.0400. The summed E-state index contributed by atoms with van der Waals surface area (Å²) in [6.07, 6.45) is 0.448. The van der Waals surface area contributed by atoms with Gasteiger partial charge in [0, 0.05) is 17.9 Å². The smallest absolute Gasteiger partial charge is 0.227 e. The molecule has 18 heavy (non-hydrogen) atoms. The van der Waals surface area contributed by atoms with Crippen molar-refractivity contribution in [2.24, 2.45) is 11.7 Å². The highest BCUT2D eigenvalue weighted by molar-refractivity contribution is 5.98. The average molecular weight is 243 g/mol. The third kappa shape index (κ3) is 1.77. The van der Waals surface area contributed by atoms with Crippen molar-refractivity contribution in [2.45, 2.75) is 25.8 Å². The van der Waals surface area contributed by atoms with E-state index in [2.05, 4.69) is 6.07 Å². The topological polar surface area (TPSA) is 70.1 Å². The Morgan fingerprint density at radius 2 is 2.17 bits per heavy atom. The fourth-order valence-electron chi connectivity index (χ4n) is 2.64. The molecule has 1 unspecified atom stereocenters. The number of carbonyl (C=O) groups excluding carboxylic acids is 1. The molecule has 1 saturated heterocycles. The maximum atomic E-state index is 12.2. The summed E-state index contributed by atoms with van der Waals surface area (Å²) in [5.41, 5.74) is 6.60. The van der Waals surface area contributed by atoms with Gasteiger partial charge in [0.05, 0.1) is 11.3 Å². The molecule has 1 aliphatic heterocycles. The monoisotopic (exact) mass is 243 g/mol. The number of rotatable bonds is 2. The molecule has 2 N–H and O–H groups in total. The number of para-hydroxylation sites is 1. The third-order valence-corrected chi connectivity index (χ3v) is 3.80. The molecule has 0 radical (unpaired) electrons. The Kier molecular flexibility index (Phi) is 3.10. The zero-order valence-electron chi connectivity index (χ0n) is 10.7. The SMILES string of the molecule is CC1(C)C(CN)CC(=O)N1c1ccccc1C#N. The molecule has 1 aromatic rings. The normalized spacial score (nSPS) is 22.0. The van der Waals surface area contributed by atoms with Crippen LogP contribution in [0.2, 0.25) is 0 Å². The second-order valence-corrected chi connectivity index (χ2v) is 5.15. The molecule has 1 aromatic carbocycles. The maximum absolute atomic E-state index is 12.2. The van der Waals surface area contributed by atoms with E-state index in [1.165, 1.54) is 0 Å². The number of nitrogens with two attached hydrogens (primary N) is 1. The lowest BCUT2D eigenvalue weighted by atomic mass is 9.88. The first-order valence-corrected chi connectivity index (χ1v) is 6.04. The highest BCUT2D eigenvalue weighted by Crippen LogP contribution is 2.39. The van der Waals surface area contributed by atoms with Crippen molar-refractivity contribution in [3.63, 3.8) is 0 Å². The van der Waals surface area contributed by atoms with Gasteiger partial charge in [-0.2, -0.15) is 5.26 Å². The van der Waals surface area contributed by atoms with E-state index < -0.39 is 0 Å². The van der Waals surface area contributed by atoms with Gasteiger partial charge >= 0.3 is 0 Å². The lowest BCUT2D eigenvalue weighted by molar-refractivity contribution is -0.117. The Morgan fingerprint density at radius 3 is 2.72 bits per heavy atom. The molecule has 0 spiro atoms. The predicted molar refractivity (Wildman–Crippen MR) is 69.9 cm³/mol. The average Bonchev–Trinajstić information content (AvgIpc) is 2.58. The lowest BCUT2D eigenvalue weighted by Gasteiger charge is -2.36. The van der Waals surface area contributed by atoms with Gasteiger partial charge < -0.3 is 10.6 Å². The molecule has 0 aromatic heterocycles. The van der Waals surface area contributed by atoms with E-state index in [0.29, 0.717) is 24.2 Å². The van der Waals surface area contributed by atoms with Crippen LogP contribution in [0.4, 0.5) is 5.69 Å². The molecular formula is C14H17N3O. The number of anilines is 1. The number of carbonyl (C=O) groups is 1. The Balaban J connectivity index is 2.51. The summed E-state index contributed by atoms with van der Waals surface area (Å²) in [5, 5.41) is 9.15. The molecular weight excluding hydrogens is 226 g/mol. The highest BCUT2D eigenvalue weighted by Gasteiger charge is 2.46. The quantitative estimate of drug-likeness (QED) is 0.858. The molecule has 1 aliphatic rings. The lowest BCUT2D eigenvalue weighted by Crippen LogP contribution is -2.46. The van der Waals surface area contributed by atoms with Crippen LogP contribution in [0.3, 0.4) is 0 Å².